The molecule has 0 saturated carbocycles. The fourth-order valence-corrected chi connectivity index (χ4v) is 5.53. The molecule has 0 radical (unpaired) electrons. The molecule has 8 heteroatoms. The lowest BCUT2D eigenvalue weighted by Crippen LogP contribution is -2.38. The number of hydrogen-bond donors (Lipinski definition) is 1. The molecule has 2 aromatic carbocycles. The van der Waals surface area contributed by atoms with Gasteiger partial charge in [0.1, 0.15) is 0 Å². The van der Waals surface area contributed by atoms with Crippen LogP contribution < -0.4 is 15.0 Å². The molecule has 4 rings (SSSR count). The molecule has 2 heterocycles. The van der Waals surface area contributed by atoms with Gasteiger partial charge in [-0.2, -0.15) is 4.31 Å². The van der Waals surface area contributed by atoms with Crippen LogP contribution in [0.4, 0.5) is 0 Å². The maximum absolute atomic E-state index is 13.4. The summed E-state index contributed by atoms with van der Waals surface area (Å²) in [5, 5.41) is 0.669. The second kappa shape index (κ2) is 7.20. The number of ether oxygens (including phenoxy) is 2. The average molecular weight is 414 g/mol. The third-order valence-corrected chi connectivity index (χ3v) is 7.40. The zero-order valence-corrected chi connectivity index (χ0v) is 17.2. The summed E-state index contributed by atoms with van der Waals surface area (Å²) in [6.07, 6.45) is 0.583. The molecule has 0 bridgehead atoms. The van der Waals surface area contributed by atoms with Crippen molar-refractivity contribution in [2.45, 2.75) is 24.3 Å². The number of benzene rings is 2. The quantitative estimate of drug-likeness (QED) is 0.709. The van der Waals surface area contributed by atoms with E-state index >= 15 is 0 Å². The van der Waals surface area contributed by atoms with E-state index in [1.807, 2.05) is 19.1 Å². The van der Waals surface area contributed by atoms with Gasteiger partial charge in [-0.15, -0.1) is 0 Å². The van der Waals surface area contributed by atoms with Gasteiger partial charge in [-0.1, -0.05) is 0 Å². The van der Waals surface area contributed by atoms with Crippen LogP contribution in [0.2, 0.25) is 0 Å². The van der Waals surface area contributed by atoms with Crippen molar-refractivity contribution in [2.24, 2.45) is 0 Å². The number of aromatic amines is 1. The second-order valence-electron chi connectivity index (χ2n) is 7.02. The predicted octanol–water partition coefficient (Wildman–Crippen LogP) is 2.85. The van der Waals surface area contributed by atoms with Crippen molar-refractivity contribution >= 4 is 20.9 Å². The summed E-state index contributed by atoms with van der Waals surface area (Å²) in [7, 11) is -0.577. The molecule has 1 aliphatic heterocycles. The molecule has 0 amide bonds. The van der Waals surface area contributed by atoms with Crippen molar-refractivity contribution in [3.8, 4) is 11.5 Å². The molecule has 7 nitrogen and oxygen atoms in total. The van der Waals surface area contributed by atoms with E-state index in [4.69, 9.17) is 9.47 Å². The Hall–Kier alpha value is -2.84. The Morgan fingerprint density at radius 1 is 1.03 bits per heavy atom. The normalized spacial score (nSPS) is 17.1. The van der Waals surface area contributed by atoms with Crippen molar-refractivity contribution in [3.63, 3.8) is 0 Å². The zero-order valence-electron chi connectivity index (χ0n) is 16.4. The Kier molecular flexibility index (Phi) is 4.84. The number of hydrogen-bond acceptors (Lipinski definition) is 5. The van der Waals surface area contributed by atoms with Gasteiger partial charge in [0.2, 0.25) is 15.6 Å². The van der Waals surface area contributed by atoms with Gasteiger partial charge in [-0.3, -0.25) is 4.79 Å². The van der Waals surface area contributed by atoms with E-state index in [0.717, 1.165) is 11.1 Å². The highest BCUT2D eigenvalue weighted by atomic mass is 32.2. The molecule has 1 N–H and O–H groups in total. The molecule has 152 valence electrons. The molecule has 3 aromatic rings. The first-order chi connectivity index (χ1) is 13.8. The van der Waals surface area contributed by atoms with Gasteiger partial charge in [0.15, 0.2) is 11.5 Å². The van der Waals surface area contributed by atoms with E-state index in [1.165, 1.54) is 16.4 Å². The molecular weight excluding hydrogens is 392 g/mol. The van der Waals surface area contributed by atoms with Crippen LogP contribution in [0.25, 0.3) is 10.9 Å². The number of nitrogens with one attached hydrogen (secondary N) is 1. The Bertz CT molecular complexity index is 1250. The van der Waals surface area contributed by atoms with Crippen LogP contribution in [0.3, 0.4) is 0 Å². The first-order valence-corrected chi connectivity index (χ1v) is 10.7. The maximum Gasteiger partial charge on any atom is 0.248 e. The van der Waals surface area contributed by atoms with Crippen molar-refractivity contribution in [2.75, 3.05) is 20.8 Å². The topological polar surface area (TPSA) is 88.7 Å². The summed E-state index contributed by atoms with van der Waals surface area (Å²) in [4.78, 5) is 14.4. The predicted molar refractivity (Wildman–Crippen MR) is 110 cm³/mol. The summed E-state index contributed by atoms with van der Waals surface area (Å²) < 4.78 is 39.1. The van der Waals surface area contributed by atoms with Crippen molar-refractivity contribution in [3.05, 3.63) is 63.9 Å². The Balaban J connectivity index is 1.75. The molecule has 29 heavy (non-hydrogen) atoms. The highest BCUT2D eigenvalue weighted by Gasteiger charge is 2.34. The van der Waals surface area contributed by atoms with Gasteiger partial charge < -0.3 is 14.5 Å². The molecule has 0 unspecified atom stereocenters. The van der Waals surface area contributed by atoms with E-state index in [2.05, 4.69) is 4.98 Å². The van der Waals surface area contributed by atoms with Crippen LogP contribution in [0.5, 0.6) is 11.5 Å². The minimum absolute atomic E-state index is 0.202. The number of rotatable bonds is 4. The summed E-state index contributed by atoms with van der Waals surface area (Å²) in [6.45, 7) is 2.25. The molecule has 0 fully saturated rings. The van der Waals surface area contributed by atoms with Crippen LogP contribution in [-0.4, -0.2) is 38.5 Å². The number of sulfonamides is 1. The standard InChI is InChI=1S/C21H22N2O5S/c1-13-17-12-20(28-3)19(27-2)11-14(17)8-9-23(13)29(25,26)16-5-6-18-15(10-16)4-7-21(24)22-18/h4-7,10-13H,8-9H2,1-3H3,(H,22,24)/t13-/m0/s1. The third kappa shape index (κ3) is 3.28. The molecule has 1 aromatic heterocycles. The number of fused-ring (bicyclic) bond motifs is 2. The first-order valence-electron chi connectivity index (χ1n) is 9.25. The molecule has 1 aliphatic rings. The smallest absolute Gasteiger partial charge is 0.248 e. The van der Waals surface area contributed by atoms with Crippen LogP contribution in [0, 0.1) is 0 Å². The Morgan fingerprint density at radius 3 is 2.48 bits per heavy atom. The highest BCUT2D eigenvalue weighted by Crippen LogP contribution is 2.40. The third-order valence-electron chi connectivity index (χ3n) is 5.43. The van der Waals surface area contributed by atoms with Crippen LogP contribution in [0.15, 0.2) is 52.2 Å². The van der Waals surface area contributed by atoms with E-state index in [1.54, 1.807) is 32.4 Å². The lowest BCUT2D eigenvalue weighted by Gasteiger charge is -2.34. The minimum atomic E-state index is -3.72. The summed E-state index contributed by atoms with van der Waals surface area (Å²) in [5.41, 5.74) is 2.34. The van der Waals surface area contributed by atoms with E-state index in [0.29, 0.717) is 35.4 Å². The van der Waals surface area contributed by atoms with Gasteiger partial charge in [-0.25, -0.2) is 8.42 Å². The minimum Gasteiger partial charge on any atom is -0.493 e. The van der Waals surface area contributed by atoms with Gasteiger partial charge in [0, 0.05) is 24.2 Å². The first kappa shape index (κ1) is 19.5. The van der Waals surface area contributed by atoms with Crippen molar-refractivity contribution in [1.82, 2.24) is 9.29 Å². The molecule has 0 spiro atoms. The summed E-state index contributed by atoms with van der Waals surface area (Å²) in [6, 6.07) is 11.2. The van der Waals surface area contributed by atoms with Gasteiger partial charge in [0.25, 0.3) is 0 Å². The highest BCUT2D eigenvalue weighted by molar-refractivity contribution is 7.89. The van der Waals surface area contributed by atoms with Crippen molar-refractivity contribution < 1.29 is 17.9 Å². The fraction of sp³-hybridized carbons (Fsp3) is 0.286. The molecular formula is C21H22N2O5S. The van der Waals surface area contributed by atoms with E-state index in [9.17, 15) is 13.2 Å². The number of aromatic nitrogens is 1. The van der Waals surface area contributed by atoms with Crippen LogP contribution in [-0.2, 0) is 16.4 Å². The SMILES string of the molecule is COc1cc2c(cc1OC)[C@H](C)N(S(=O)(=O)c1ccc3[nH]c(=O)ccc3c1)CC2. The zero-order chi connectivity index (χ0) is 20.8. The lowest BCUT2D eigenvalue weighted by molar-refractivity contribution is 0.319. The number of nitrogens with zero attached hydrogens (tertiary/aromatic N) is 1. The fourth-order valence-electron chi connectivity index (χ4n) is 3.88. The maximum atomic E-state index is 13.4. The molecule has 0 saturated heterocycles. The van der Waals surface area contributed by atoms with E-state index in [-0.39, 0.29) is 16.5 Å². The Labute approximate surface area is 168 Å². The van der Waals surface area contributed by atoms with Crippen molar-refractivity contribution in [1.29, 1.82) is 0 Å². The lowest BCUT2D eigenvalue weighted by atomic mass is 9.94. The van der Waals surface area contributed by atoms with Gasteiger partial charge in [-0.05, 0) is 66.3 Å². The number of methoxy groups -OCH3 is 2. The molecule has 1 atom stereocenters. The van der Waals surface area contributed by atoms with Crippen LogP contribution in [0.1, 0.15) is 24.1 Å². The largest absolute Gasteiger partial charge is 0.493 e. The summed E-state index contributed by atoms with van der Waals surface area (Å²) in [5.74, 6) is 1.21. The summed E-state index contributed by atoms with van der Waals surface area (Å²) >= 11 is 0. The van der Waals surface area contributed by atoms with E-state index < -0.39 is 10.0 Å². The van der Waals surface area contributed by atoms with Gasteiger partial charge >= 0.3 is 0 Å². The Morgan fingerprint density at radius 2 is 1.76 bits per heavy atom. The van der Waals surface area contributed by atoms with Crippen LogP contribution >= 0.6 is 0 Å². The number of pyridine rings is 1. The monoisotopic (exact) mass is 414 g/mol. The van der Waals surface area contributed by atoms with Gasteiger partial charge in [0.05, 0.1) is 19.1 Å². The molecule has 0 aliphatic carbocycles. The average Bonchev–Trinajstić information content (AvgIpc) is 2.72. The second-order valence-corrected chi connectivity index (χ2v) is 8.91. The number of H-pyrrole nitrogens is 1.